The van der Waals surface area contributed by atoms with E-state index in [0.29, 0.717) is 41.8 Å². The Morgan fingerprint density at radius 3 is 2.80 bits per heavy atom. The second kappa shape index (κ2) is 9.05. The molecular weight excluding hydrogens is 380 g/mol. The van der Waals surface area contributed by atoms with E-state index in [1.165, 1.54) is 6.20 Å². The molecular formula is C21H24N8O. The van der Waals surface area contributed by atoms with Crippen molar-refractivity contribution in [2.75, 3.05) is 29.1 Å². The maximum atomic E-state index is 12.0. The summed E-state index contributed by atoms with van der Waals surface area (Å²) in [4.78, 5) is 27.2. The predicted molar refractivity (Wildman–Crippen MR) is 117 cm³/mol. The third-order valence-electron chi connectivity index (χ3n) is 4.89. The zero-order valence-corrected chi connectivity index (χ0v) is 17.2. The lowest BCUT2D eigenvalue weighted by atomic mass is 10.1. The average Bonchev–Trinajstić information content (AvgIpc) is 2.76. The van der Waals surface area contributed by atoms with Crippen LogP contribution in [0, 0.1) is 18.3 Å². The summed E-state index contributed by atoms with van der Waals surface area (Å²) in [6, 6.07) is 9.06. The Morgan fingerprint density at radius 1 is 1.40 bits per heavy atom. The number of hydrogen-bond donors (Lipinski definition) is 3. The lowest BCUT2D eigenvalue weighted by Crippen LogP contribution is -2.44. The van der Waals surface area contributed by atoms with Crippen molar-refractivity contribution in [3.05, 3.63) is 52.9 Å². The number of amides is 1. The zero-order chi connectivity index (χ0) is 21.7. The van der Waals surface area contributed by atoms with E-state index in [0.717, 1.165) is 11.1 Å². The van der Waals surface area contributed by atoms with E-state index in [9.17, 15) is 4.79 Å². The van der Waals surface area contributed by atoms with Crippen LogP contribution in [0.3, 0.4) is 0 Å². The number of likely N-dealkylation sites (N-methyl/N-ethyl adjacent to an activating group) is 1. The Balaban J connectivity index is 1.64. The molecule has 2 aromatic rings. The van der Waals surface area contributed by atoms with E-state index in [1.54, 1.807) is 18.3 Å². The van der Waals surface area contributed by atoms with E-state index >= 15 is 0 Å². The zero-order valence-electron chi connectivity index (χ0n) is 17.2. The number of carbonyl (C=O) groups is 1. The molecule has 1 aliphatic rings. The van der Waals surface area contributed by atoms with E-state index in [2.05, 4.69) is 31.7 Å². The Morgan fingerprint density at radius 2 is 2.13 bits per heavy atom. The maximum absolute atomic E-state index is 12.0. The van der Waals surface area contributed by atoms with Gasteiger partial charge in [0, 0.05) is 31.6 Å². The minimum absolute atomic E-state index is 0.0794. The third-order valence-corrected chi connectivity index (χ3v) is 4.89. The number of aromatic nitrogens is 2. The van der Waals surface area contributed by atoms with E-state index in [-0.39, 0.29) is 11.9 Å². The van der Waals surface area contributed by atoms with Crippen molar-refractivity contribution in [1.29, 1.82) is 5.26 Å². The minimum atomic E-state index is -0.312. The fraction of sp³-hybridized carbons (Fsp3) is 0.286. The molecule has 0 saturated carbocycles. The molecule has 9 heteroatoms. The van der Waals surface area contributed by atoms with Crippen LogP contribution in [0.2, 0.25) is 0 Å². The van der Waals surface area contributed by atoms with Crippen molar-refractivity contribution < 1.29 is 4.79 Å². The lowest BCUT2D eigenvalue weighted by Gasteiger charge is -2.32. The number of nitrogens with two attached hydrogens (primary N) is 1. The molecule has 0 bridgehead atoms. The number of rotatable bonds is 6. The lowest BCUT2D eigenvalue weighted by molar-refractivity contribution is -0.117. The first-order chi connectivity index (χ1) is 14.4. The van der Waals surface area contributed by atoms with E-state index in [1.807, 2.05) is 37.9 Å². The normalized spacial score (nSPS) is 16.2. The summed E-state index contributed by atoms with van der Waals surface area (Å²) in [5.41, 5.74) is 9.43. The summed E-state index contributed by atoms with van der Waals surface area (Å²) in [5.74, 6) is 1.04. The molecule has 2 heterocycles. The first-order valence-corrected chi connectivity index (χ1v) is 9.48. The molecule has 1 aromatic heterocycles. The highest BCUT2D eigenvalue weighted by Crippen LogP contribution is 2.31. The van der Waals surface area contributed by atoms with Gasteiger partial charge in [-0.2, -0.15) is 10.2 Å². The number of carbonyl (C=O) groups excluding carboxylic acids is 1. The molecule has 0 fully saturated rings. The van der Waals surface area contributed by atoms with Gasteiger partial charge in [0.25, 0.3) is 0 Å². The van der Waals surface area contributed by atoms with Gasteiger partial charge in [-0.25, -0.2) is 4.98 Å². The van der Waals surface area contributed by atoms with Crippen LogP contribution in [0.25, 0.3) is 0 Å². The number of nitrogens with zero attached hydrogens (tertiary/aromatic N) is 5. The quantitative estimate of drug-likeness (QED) is 0.627. The SMILES string of the molecule is Cc1nc(NC/C(C=NCc2ccc(C#N)cc2)=C/N)nc2c1NC(=O)[C@H](C)N2C. The highest BCUT2D eigenvalue weighted by molar-refractivity contribution is 6.03. The van der Waals surface area contributed by atoms with Crippen molar-refractivity contribution in [3.8, 4) is 6.07 Å². The Hall–Kier alpha value is -3.93. The van der Waals surface area contributed by atoms with Gasteiger partial charge in [0.1, 0.15) is 11.7 Å². The smallest absolute Gasteiger partial charge is 0.246 e. The summed E-state index contributed by atoms with van der Waals surface area (Å²) in [6.45, 7) is 4.54. The monoisotopic (exact) mass is 404 g/mol. The second-order valence-electron chi connectivity index (χ2n) is 6.98. The van der Waals surface area contributed by atoms with Gasteiger partial charge in [-0.3, -0.25) is 9.79 Å². The molecule has 30 heavy (non-hydrogen) atoms. The molecule has 1 aliphatic heterocycles. The average molecular weight is 404 g/mol. The first kappa shape index (κ1) is 20.8. The van der Waals surface area contributed by atoms with Gasteiger partial charge in [0.05, 0.1) is 23.9 Å². The van der Waals surface area contributed by atoms with Gasteiger partial charge < -0.3 is 21.3 Å². The highest BCUT2D eigenvalue weighted by Gasteiger charge is 2.30. The Kier molecular flexibility index (Phi) is 6.27. The Labute approximate surface area is 175 Å². The van der Waals surface area contributed by atoms with Crippen molar-refractivity contribution in [1.82, 2.24) is 9.97 Å². The van der Waals surface area contributed by atoms with Gasteiger partial charge in [-0.05, 0) is 31.5 Å². The van der Waals surface area contributed by atoms with E-state index in [4.69, 9.17) is 11.0 Å². The first-order valence-electron chi connectivity index (χ1n) is 9.48. The number of aryl methyl sites for hydroxylation is 1. The molecule has 1 atom stereocenters. The number of aliphatic imine (C=N–C) groups is 1. The maximum Gasteiger partial charge on any atom is 0.246 e. The molecule has 0 unspecified atom stereocenters. The number of nitrogens with one attached hydrogen (secondary N) is 2. The number of fused-ring (bicyclic) bond motifs is 1. The highest BCUT2D eigenvalue weighted by atomic mass is 16.2. The molecule has 1 amide bonds. The molecule has 3 rings (SSSR count). The van der Waals surface area contributed by atoms with Gasteiger partial charge in [0.15, 0.2) is 5.82 Å². The number of nitriles is 1. The summed E-state index contributed by atoms with van der Waals surface area (Å²) in [5, 5.41) is 14.9. The van der Waals surface area contributed by atoms with Crippen LogP contribution in [0.1, 0.15) is 23.7 Å². The summed E-state index contributed by atoms with van der Waals surface area (Å²) in [6.07, 6.45) is 3.18. The van der Waals surface area contributed by atoms with Crippen LogP contribution in [0.5, 0.6) is 0 Å². The fourth-order valence-electron chi connectivity index (χ4n) is 2.91. The second-order valence-corrected chi connectivity index (χ2v) is 6.98. The molecule has 0 saturated heterocycles. The summed E-state index contributed by atoms with van der Waals surface area (Å²) in [7, 11) is 1.83. The number of hydrogen-bond acceptors (Lipinski definition) is 8. The largest absolute Gasteiger partial charge is 0.404 e. The van der Waals surface area contributed by atoms with Gasteiger partial charge >= 0.3 is 0 Å². The molecule has 0 radical (unpaired) electrons. The Bertz CT molecular complexity index is 1040. The van der Waals surface area contributed by atoms with Crippen LogP contribution >= 0.6 is 0 Å². The van der Waals surface area contributed by atoms with Gasteiger partial charge in [-0.1, -0.05) is 12.1 Å². The molecule has 1 aromatic carbocycles. The molecule has 9 nitrogen and oxygen atoms in total. The van der Waals surface area contributed by atoms with Crippen LogP contribution in [0.4, 0.5) is 17.5 Å². The van der Waals surface area contributed by atoms with Crippen LogP contribution < -0.4 is 21.3 Å². The number of benzene rings is 1. The van der Waals surface area contributed by atoms with Crippen molar-refractivity contribution in [2.45, 2.75) is 26.4 Å². The molecule has 4 N–H and O–H groups in total. The molecule has 0 spiro atoms. The number of anilines is 3. The fourth-order valence-corrected chi connectivity index (χ4v) is 2.91. The summed E-state index contributed by atoms with van der Waals surface area (Å²) < 4.78 is 0. The topological polar surface area (TPSA) is 132 Å². The van der Waals surface area contributed by atoms with E-state index < -0.39 is 0 Å². The van der Waals surface area contributed by atoms with Crippen molar-refractivity contribution >= 4 is 29.6 Å². The van der Waals surface area contributed by atoms with Gasteiger partial charge in [0.2, 0.25) is 11.9 Å². The predicted octanol–water partition coefficient (Wildman–Crippen LogP) is 1.96. The van der Waals surface area contributed by atoms with Crippen molar-refractivity contribution in [2.24, 2.45) is 10.7 Å². The van der Waals surface area contributed by atoms with Crippen LogP contribution in [-0.4, -0.2) is 41.7 Å². The minimum Gasteiger partial charge on any atom is -0.404 e. The van der Waals surface area contributed by atoms with Crippen LogP contribution in [0.15, 0.2) is 41.0 Å². The standard InChI is InChI=1S/C21H24N8O/c1-13-18-19(29(3)14(2)20(30)27-18)28-21(26-13)25-12-17(9-23)11-24-10-16-6-4-15(8-22)5-7-16/h4-7,9,11,14H,10,12,23H2,1-3H3,(H,27,30)(H,25,26,28)/b17-9+,24-11?/t14-/m0/s1. The molecule has 0 aliphatic carbocycles. The van der Waals surface area contributed by atoms with Gasteiger partial charge in [-0.15, -0.1) is 0 Å². The molecule has 154 valence electrons. The third kappa shape index (κ3) is 4.55. The van der Waals surface area contributed by atoms with Crippen molar-refractivity contribution in [3.63, 3.8) is 0 Å². The summed E-state index contributed by atoms with van der Waals surface area (Å²) >= 11 is 0. The van der Waals surface area contributed by atoms with Crippen LogP contribution in [-0.2, 0) is 11.3 Å².